The summed E-state index contributed by atoms with van der Waals surface area (Å²) in [5, 5.41) is 11.3. The zero-order chi connectivity index (χ0) is 19.2. The Morgan fingerprint density at radius 2 is 2.04 bits per heavy atom. The van der Waals surface area contributed by atoms with Crippen molar-refractivity contribution in [2.75, 3.05) is 6.61 Å². The van der Waals surface area contributed by atoms with E-state index in [1.54, 1.807) is 38.3 Å². The van der Waals surface area contributed by atoms with Gasteiger partial charge in [0.1, 0.15) is 29.6 Å². The SMILES string of the molecule is CC(C)(O)/C=C/CC1(C)OC1COc1c2ccoc2cc2oc(=O)ccc12. The normalized spacial score (nSPS) is 22.7. The summed E-state index contributed by atoms with van der Waals surface area (Å²) in [7, 11) is 0. The molecule has 27 heavy (non-hydrogen) atoms. The van der Waals surface area contributed by atoms with Gasteiger partial charge < -0.3 is 23.4 Å². The lowest BCUT2D eigenvalue weighted by Crippen LogP contribution is -2.17. The van der Waals surface area contributed by atoms with Crippen LogP contribution in [0.1, 0.15) is 27.2 Å². The topological polar surface area (TPSA) is 85.3 Å². The largest absolute Gasteiger partial charge is 0.489 e. The lowest BCUT2D eigenvalue weighted by molar-refractivity contribution is 0.132. The highest BCUT2D eigenvalue weighted by Crippen LogP contribution is 2.41. The van der Waals surface area contributed by atoms with E-state index in [1.165, 1.54) is 6.07 Å². The van der Waals surface area contributed by atoms with Crippen molar-refractivity contribution in [1.29, 1.82) is 0 Å². The summed E-state index contributed by atoms with van der Waals surface area (Å²) in [5.41, 5.74) is -0.547. The summed E-state index contributed by atoms with van der Waals surface area (Å²) in [6.45, 7) is 5.85. The number of hydrogen-bond acceptors (Lipinski definition) is 6. The van der Waals surface area contributed by atoms with Gasteiger partial charge in [-0.1, -0.05) is 12.2 Å². The number of fused-ring (bicyclic) bond motifs is 2. The molecule has 0 radical (unpaired) electrons. The fourth-order valence-electron chi connectivity index (χ4n) is 3.19. The highest BCUT2D eigenvalue weighted by Gasteiger charge is 2.51. The Balaban J connectivity index is 1.53. The molecule has 2 atom stereocenters. The average molecular weight is 370 g/mol. The molecule has 2 aromatic heterocycles. The highest BCUT2D eigenvalue weighted by molar-refractivity contribution is 6.01. The lowest BCUT2D eigenvalue weighted by atomic mass is 10.0. The minimum Gasteiger partial charge on any atom is -0.489 e. The van der Waals surface area contributed by atoms with E-state index in [2.05, 4.69) is 0 Å². The van der Waals surface area contributed by atoms with Gasteiger partial charge in [-0.3, -0.25) is 0 Å². The first kappa shape index (κ1) is 17.8. The molecule has 6 nitrogen and oxygen atoms in total. The van der Waals surface area contributed by atoms with Gasteiger partial charge in [0.2, 0.25) is 0 Å². The van der Waals surface area contributed by atoms with Gasteiger partial charge >= 0.3 is 5.63 Å². The molecule has 3 aromatic rings. The van der Waals surface area contributed by atoms with Gasteiger partial charge in [0.25, 0.3) is 0 Å². The van der Waals surface area contributed by atoms with E-state index in [1.807, 2.05) is 19.1 Å². The first-order chi connectivity index (χ1) is 12.8. The minimum atomic E-state index is -0.836. The Morgan fingerprint density at radius 1 is 1.26 bits per heavy atom. The monoisotopic (exact) mass is 370 g/mol. The fourth-order valence-corrected chi connectivity index (χ4v) is 3.19. The lowest BCUT2D eigenvalue weighted by Gasteiger charge is -2.11. The van der Waals surface area contributed by atoms with Crippen LogP contribution in [0, 0.1) is 0 Å². The average Bonchev–Trinajstić information content (AvgIpc) is 2.99. The van der Waals surface area contributed by atoms with Crippen molar-refractivity contribution in [2.24, 2.45) is 0 Å². The quantitative estimate of drug-likeness (QED) is 0.404. The first-order valence-corrected chi connectivity index (χ1v) is 8.90. The van der Waals surface area contributed by atoms with E-state index >= 15 is 0 Å². The van der Waals surface area contributed by atoms with E-state index in [0.717, 1.165) is 5.39 Å². The van der Waals surface area contributed by atoms with Crippen LogP contribution >= 0.6 is 0 Å². The maximum atomic E-state index is 11.5. The number of rotatable bonds is 6. The second kappa shape index (κ2) is 6.25. The third-order valence-electron chi connectivity index (χ3n) is 4.77. The maximum Gasteiger partial charge on any atom is 0.336 e. The zero-order valence-electron chi connectivity index (χ0n) is 15.5. The van der Waals surface area contributed by atoms with E-state index in [9.17, 15) is 9.90 Å². The minimum absolute atomic E-state index is 0.0584. The van der Waals surface area contributed by atoms with Gasteiger partial charge in [0.05, 0.1) is 28.2 Å². The van der Waals surface area contributed by atoms with Gasteiger partial charge in [-0.25, -0.2) is 4.79 Å². The van der Waals surface area contributed by atoms with Crippen molar-refractivity contribution in [3.63, 3.8) is 0 Å². The van der Waals surface area contributed by atoms with Crippen molar-refractivity contribution in [1.82, 2.24) is 0 Å². The number of furan rings is 1. The molecule has 1 aliphatic rings. The van der Waals surface area contributed by atoms with Crippen LogP contribution < -0.4 is 10.4 Å². The van der Waals surface area contributed by atoms with Gasteiger partial charge in [0.15, 0.2) is 0 Å². The molecule has 3 heterocycles. The van der Waals surface area contributed by atoms with E-state index in [4.69, 9.17) is 18.3 Å². The zero-order valence-corrected chi connectivity index (χ0v) is 15.5. The number of benzene rings is 1. The van der Waals surface area contributed by atoms with Gasteiger partial charge in [-0.2, -0.15) is 0 Å². The smallest absolute Gasteiger partial charge is 0.336 e. The Morgan fingerprint density at radius 3 is 2.81 bits per heavy atom. The molecule has 0 aliphatic carbocycles. The predicted octanol–water partition coefficient (Wildman–Crippen LogP) is 3.79. The van der Waals surface area contributed by atoms with Crippen LogP contribution in [-0.4, -0.2) is 29.0 Å². The molecule has 2 unspecified atom stereocenters. The standard InChI is InChI=1S/C21H22O6/c1-20(2,23)8-4-9-21(3)17(27-21)12-25-19-13-5-6-18(22)26-16(13)11-15-14(19)7-10-24-15/h4-8,10-11,17,23H,9,12H2,1-3H3/b8-4+. The Kier molecular flexibility index (Phi) is 4.13. The molecule has 1 saturated heterocycles. The van der Waals surface area contributed by atoms with Crippen molar-refractivity contribution >= 4 is 21.9 Å². The van der Waals surface area contributed by atoms with Crippen molar-refractivity contribution < 1.29 is 23.4 Å². The van der Waals surface area contributed by atoms with E-state index in [-0.39, 0.29) is 11.7 Å². The van der Waals surface area contributed by atoms with Crippen LogP contribution in [0.3, 0.4) is 0 Å². The number of epoxide rings is 1. The molecule has 1 aromatic carbocycles. The Labute approximate surface area is 156 Å². The van der Waals surface area contributed by atoms with Crippen LogP contribution in [0.25, 0.3) is 21.9 Å². The molecule has 0 saturated carbocycles. The predicted molar refractivity (Wildman–Crippen MR) is 101 cm³/mol. The van der Waals surface area contributed by atoms with Crippen molar-refractivity contribution in [2.45, 2.75) is 44.5 Å². The van der Waals surface area contributed by atoms with Crippen LogP contribution in [-0.2, 0) is 4.74 Å². The molecule has 1 aliphatic heterocycles. The van der Waals surface area contributed by atoms with Crippen LogP contribution in [0.5, 0.6) is 5.75 Å². The molecule has 0 spiro atoms. The molecule has 4 rings (SSSR count). The van der Waals surface area contributed by atoms with Crippen LogP contribution in [0.15, 0.2) is 56.3 Å². The maximum absolute atomic E-state index is 11.5. The molecule has 0 bridgehead atoms. The van der Waals surface area contributed by atoms with Crippen molar-refractivity contribution in [3.05, 3.63) is 53.1 Å². The Hall–Kier alpha value is -2.57. The van der Waals surface area contributed by atoms with Gasteiger partial charge in [0, 0.05) is 12.1 Å². The number of aliphatic hydroxyl groups is 1. The molecule has 6 heteroatoms. The number of ether oxygens (including phenoxy) is 2. The third-order valence-corrected chi connectivity index (χ3v) is 4.77. The number of hydrogen-bond donors (Lipinski definition) is 1. The summed E-state index contributed by atoms with van der Waals surface area (Å²) in [5.74, 6) is 0.616. The third kappa shape index (κ3) is 3.63. The highest BCUT2D eigenvalue weighted by atomic mass is 16.6. The van der Waals surface area contributed by atoms with E-state index in [0.29, 0.717) is 35.3 Å². The fraction of sp³-hybridized carbons (Fsp3) is 0.381. The first-order valence-electron chi connectivity index (χ1n) is 8.90. The molecular weight excluding hydrogens is 348 g/mol. The Bertz CT molecular complexity index is 1070. The summed E-state index contributed by atoms with van der Waals surface area (Å²) in [6, 6.07) is 6.59. The summed E-state index contributed by atoms with van der Waals surface area (Å²) in [4.78, 5) is 11.5. The molecule has 1 N–H and O–H groups in total. The summed E-state index contributed by atoms with van der Waals surface area (Å²) < 4.78 is 22.6. The summed E-state index contributed by atoms with van der Waals surface area (Å²) in [6.07, 6.45) is 5.90. The van der Waals surface area contributed by atoms with Gasteiger partial charge in [-0.05, 0) is 39.3 Å². The molecular formula is C21H22O6. The van der Waals surface area contributed by atoms with Crippen LogP contribution in [0.4, 0.5) is 0 Å². The molecule has 142 valence electrons. The molecule has 1 fully saturated rings. The van der Waals surface area contributed by atoms with Crippen molar-refractivity contribution in [3.8, 4) is 5.75 Å². The van der Waals surface area contributed by atoms with Crippen LogP contribution in [0.2, 0.25) is 0 Å². The molecule has 0 amide bonds. The second-order valence-electron chi connectivity index (χ2n) is 7.69. The second-order valence-corrected chi connectivity index (χ2v) is 7.69. The van der Waals surface area contributed by atoms with E-state index < -0.39 is 11.2 Å². The summed E-state index contributed by atoms with van der Waals surface area (Å²) >= 11 is 0. The van der Waals surface area contributed by atoms with Gasteiger partial charge in [-0.15, -0.1) is 0 Å².